The molecular weight excluding hydrogens is 533 g/mol. The third-order valence-corrected chi connectivity index (χ3v) is 8.39. The molecule has 0 aromatic heterocycles. The molecule has 0 fully saturated rings. The number of methoxy groups -OCH3 is 1. The highest BCUT2D eigenvalue weighted by molar-refractivity contribution is 7.92. The van der Waals surface area contributed by atoms with Gasteiger partial charge in [-0.3, -0.25) is 13.9 Å². The van der Waals surface area contributed by atoms with Gasteiger partial charge < -0.3 is 15.0 Å². The van der Waals surface area contributed by atoms with Crippen molar-refractivity contribution in [2.45, 2.75) is 57.1 Å². The van der Waals surface area contributed by atoms with Crippen molar-refractivity contribution >= 4 is 27.5 Å². The fourth-order valence-electron chi connectivity index (χ4n) is 4.22. The maximum Gasteiger partial charge on any atom is 0.264 e. The third-order valence-electron chi connectivity index (χ3n) is 6.62. The summed E-state index contributed by atoms with van der Waals surface area (Å²) in [4.78, 5) is 28.7. The molecule has 0 saturated heterocycles. The van der Waals surface area contributed by atoms with Gasteiger partial charge in [-0.2, -0.15) is 0 Å². The predicted octanol–water partition coefficient (Wildman–Crippen LogP) is 4.75. The van der Waals surface area contributed by atoms with Crippen LogP contribution in [0, 0.1) is 5.82 Å². The molecule has 0 saturated carbocycles. The lowest BCUT2D eigenvalue weighted by molar-refractivity contribution is -0.140. The number of sulfonamides is 1. The van der Waals surface area contributed by atoms with Gasteiger partial charge in [0.1, 0.15) is 24.2 Å². The van der Waals surface area contributed by atoms with Gasteiger partial charge in [0.15, 0.2) is 0 Å². The number of anilines is 1. The Morgan fingerprint density at radius 2 is 1.55 bits per heavy atom. The molecular formula is C30H36FN3O5S. The van der Waals surface area contributed by atoms with Crippen LogP contribution in [0.5, 0.6) is 5.75 Å². The Morgan fingerprint density at radius 1 is 0.925 bits per heavy atom. The molecule has 40 heavy (non-hydrogen) atoms. The molecule has 8 nitrogen and oxygen atoms in total. The second kappa shape index (κ2) is 13.9. The fourth-order valence-corrected chi connectivity index (χ4v) is 5.66. The van der Waals surface area contributed by atoms with Crippen molar-refractivity contribution in [3.63, 3.8) is 0 Å². The van der Waals surface area contributed by atoms with Gasteiger partial charge in [-0.15, -0.1) is 0 Å². The number of halogens is 1. The highest BCUT2D eigenvalue weighted by Gasteiger charge is 2.34. The van der Waals surface area contributed by atoms with E-state index in [0.717, 1.165) is 4.31 Å². The molecule has 3 aromatic carbocycles. The van der Waals surface area contributed by atoms with E-state index in [-0.39, 0.29) is 41.2 Å². The number of carbonyl (C=O) groups excluding carboxylic acids is 2. The van der Waals surface area contributed by atoms with Crippen molar-refractivity contribution in [1.82, 2.24) is 10.2 Å². The van der Waals surface area contributed by atoms with Crippen LogP contribution >= 0.6 is 0 Å². The summed E-state index contributed by atoms with van der Waals surface area (Å²) in [5.41, 5.74) is 0.778. The zero-order valence-electron chi connectivity index (χ0n) is 23.2. The quantitative estimate of drug-likeness (QED) is 0.321. The van der Waals surface area contributed by atoms with E-state index < -0.39 is 34.3 Å². The van der Waals surface area contributed by atoms with Gasteiger partial charge >= 0.3 is 0 Å². The average molecular weight is 570 g/mol. The molecule has 10 heteroatoms. The van der Waals surface area contributed by atoms with E-state index in [0.29, 0.717) is 12.0 Å². The summed E-state index contributed by atoms with van der Waals surface area (Å²) < 4.78 is 47.8. The molecule has 214 valence electrons. The van der Waals surface area contributed by atoms with Gasteiger partial charge in [0, 0.05) is 12.6 Å². The number of nitrogens with zero attached hydrogens (tertiary/aromatic N) is 2. The van der Waals surface area contributed by atoms with Crippen LogP contribution in [0.1, 0.15) is 39.2 Å². The summed E-state index contributed by atoms with van der Waals surface area (Å²) in [6.45, 7) is 4.98. The van der Waals surface area contributed by atoms with Crippen molar-refractivity contribution in [2.24, 2.45) is 0 Å². The number of amides is 2. The van der Waals surface area contributed by atoms with Crippen LogP contribution in [0.4, 0.5) is 10.1 Å². The molecule has 2 amide bonds. The van der Waals surface area contributed by atoms with E-state index >= 15 is 0 Å². The summed E-state index contributed by atoms with van der Waals surface area (Å²) in [6.07, 6.45) is 0.986. The molecule has 3 rings (SSSR count). The van der Waals surface area contributed by atoms with Gasteiger partial charge in [-0.1, -0.05) is 56.3 Å². The molecule has 1 N–H and O–H groups in total. The van der Waals surface area contributed by atoms with Crippen molar-refractivity contribution in [2.75, 3.05) is 18.0 Å². The Labute approximate surface area is 235 Å². The molecule has 0 aliphatic rings. The smallest absolute Gasteiger partial charge is 0.264 e. The minimum atomic E-state index is -4.21. The van der Waals surface area contributed by atoms with Crippen LogP contribution in [0.15, 0.2) is 83.8 Å². The normalized spacial score (nSPS) is 12.7. The van der Waals surface area contributed by atoms with Crippen molar-refractivity contribution in [3.8, 4) is 5.75 Å². The van der Waals surface area contributed by atoms with Gasteiger partial charge in [-0.05, 0) is 61.7 Å². The Bertz CT molecular complexity index is 1380. The first-order chi connectivity index (χ1) is 19.1. The summed E-state index contributed by atoms with van der Waals surface area (Å²) in [5.74, 6) is -1.11. The van der Waals surface area contributed by atoms with E-state index in [1.54, 1.807) is 49.4 Å². The van der Waals surface area contributed by atoms with E-state index in [1.807, 2.05) is 13.8 Å². The van der Waals surface area contributed by atoms with Crippen molar-refractivity contribution in [1.29, 1.82) is 0 Å². The maximum atomic E-state index is 14.1. The van der Waals surface area contributed by atoms with Crippen LogP contribution in [-0.4, -0.2) is 50.9 Å². The Hall–Kier alpha value is -3.92. The summed E-state index contributed by atoms with van der Waals surface area (Å²) in [6, 6.07) is 18.9. The first-order valence-electron chi connectivity index (χ1n) is 13.2. The lowest BCUT2D eigenvalue weighted by Crippen LogP contribution is -2.53. The minimum Gasteiger partial charge on any atom is -0.495 e. The number of para-hydroxylation sites is 2. The summed E-state index contributed by atoms with van der Waals surface area (Å²) >= 11 is 0. The van der Waals surface area contributed by atoms with Crippen LogP contribution in [0.3, 0.4) is 0 Å². The average Bonchev–Trinajstić information content (AvgIpc) is 2.96. The fraction of sp³-hybridized carbons (Fsp3) is 0.333. The monoisotopic (exact) mass is 569 g/mol. The SMILES string of the molecule is CC[C@@H](C)NC(=O)[C@H](CC)N(Cc1ccc(F)cc1)C(=O)CN(c1ccccc1OC)S(=O)(=O)c1ccccc1. The molecule has 0 aliphatic heterocycles. The zero-order valence-corrected chi connectivity index (χ0v) is 24.0. The highest BCUT2D eigenvalue weighted by atomic mass is 32.2. The third kappa shape index (κ3) is 7.38. The first-order valence-corrected chi connectivity index (χ1v) is 14.6. The van der Waals surface area contributed by atoms with E-state index in [4.69, 9.17) is 4.74 Å². The molecule has 2 atom stereocenters. The number of rotatable bonds is 13. The van der Waals surface area contributed by atoms with Crippen molar-refractivity contribution in [3.05, 3.63) is 90.2 Å². The van der Waals surface area contributed by atoms with E-state index in [1.165, 1.54) is 48.4 Å². The van der Waals surface area contributed by atoms with E-state index in [9.17, 15) is 22.4 Å². The number of carbonyl (C=O) groups is 2. The van der Waals surface area contributed by atoms with Crippen LogP contribution in [0.25, 0.3) is 0 Å². The molecule has 0 bridgehead atoms. The number of hydrogen-bond donors (Lipinski definition) is 1. The van der Waals surface area contributed by atoms with Crippen LogP contribution < -0.4 is 14.4 Å². The van der Waals surface area contributed by atoms with E-state index in [2.05, 4.69) is 5.32 Å². The zero-order chi connectivity index (χ0) is 29.3. The van der Waals surface area contributed by atoms with Gasteiger partial charge in [0.25, 0.3) is 10.0 Å². The van der Waals surface area contributed by atoms with Gasteiger partial charge in [-0.25, -0.2) is 12.8 Å². The van der Waals surface area contributed by atoms with Crippen molar-refractivity contribution < 1.29 is 27.1 Å². The highest BCUT2D eigenvalue weighted by Crippen LogP contribution is 2.32. The molecule has 0 unspecified atom stereocenters. The van der Waals surface area contributed by atoms with Crippen LogP contribution in [-0.2, 0) is 26.2 Å². The standard InChI is InChI=1S/C30H36FN3O5S/c1-5-22(3)32-30(36)26(6-2)33(20-23-16-18-24(31)19-17-23)29(35)21-34(27-14-10-11-15-28(27)39-4)40(37,38)25-12-8-7-9-13-25/h7-19,22,26H,5-6,20-21H2,1-4H3,(H,32,36)/t22-,26+/m1/s1. The predicted molar refractivity (Wildman–Crippen MR) is 153 cm³/mol. The number of hydrogen-bond acceptors (Lipinski definition) is 5. The topological polar surface area (TPSA) is 96.0 Å². The number of benzene rings is 3. The second-order valence-electron chi connectivity index (χ2n) is 9.39. The maximum absolute atomic E-state index is 14.1. The Morgan fingerprint density at radius 3 is 2.15 bits per heavy atom. The molecule has 0 heterocycles. The lowest BCUT2D eigenvalue weighted by Gasteiger charge is -2.34. The largest absolute Gasteiger partial charge is 0.495 e. The first kappa shape index (κ1) is 30.6. The minimum absolute atomic E-state index is 0.000320. The second-order valence-corrected chi connectivity index (χ2v) is 11.2. The summed E-state index contributed by atoms with van der Waals surface area (Å²) in [5, 5.41) is 2.93. The Balaban J connectivity index is 2.08. The van der Waals surface area contributed by atoms with Gasteiger partial charge in [0.05, 0.1) is 17.7 Å². The molecule has 0 spiro atoms. The molecule has 0 aliphatic carbocycles. The molecule has 3 aromatic rings. The van der Waals surface area contributed by atoms with Gasteiger partial charge in [0.2, 0.25) is 11.8 Å². The van der Waals surface area contributed by atoms with Crippen LogP contribution in [0.2, 0.25) is 0 Å². The number of ether oxygens (including phenoxy) is 1. The Kier molecular flexibility index (Phi) is 10.7. The number of nitrogens with one attached hydrogen (secondary N) is 1. The summed E-state index contributed by atoms with van der Waals surface area (Å²) in [7, 11) is -2.80. The lowest BCUT2D eigenvalue weighted by atomic mass is 10.1. The molecule has 0 radical (unpaired) electrons.